The van der Waals surface area contributed by atoms with Gasteiger partial charge in [-0.3, -0.25) is 0 Å². The number of nitrogens with zero attached hydrogens (tertiary/aromatic N) is 5. The molecule has 2 aromatic rings. The lowest BCUT2D eigenvalue weighted by molar-refractivity contribution is 0.324. The molecule has 0 amide bonds. The minimum atomic E-state index is 0.939. The van der Waals surface area contributed by atoms with Gasteiger partial charge in [-0.2, -0.15) is 0 Å². The van der Waals surface area contributed by atoms with E-state index in [2.05, 4.69) is 50.9 Å². The molecule has 0 spiro atoms. The molecule has 0 N–H and O–H groups in total. The molecule has 0 bridgehead atoms. The molecule has 2 heterocycles. The number of thioether (sulfide) groups is 1. The van der Waals surface area contributed by atoms with Crippen molar-refractivity contribution >= 4 is 33.9 Å². The highest BCUT2D eigenvalue weighted by molar-refractivity contribution is 8.01. The Bertz CT molecular complexity index is 699. The molecule has 1 fully saturated rings. The summed E-state index contributed by atoms with van der Waals surface area (Å²) in [6.45, 7) is 11.6. The number of ether oxygens (including phenoxy) is 1. The maximum Gasteiger partial charge on any atom is 0.209 e. The fourth-order valence-corrected chi connectivity index (χ4v) is 5.18. The Hall–Kier alpha value is -1.51. The van der Waals surface area contributed by atoms with E-state index in [9.17, 15) is 0 Å². The van der Waals surface area contributed by atoms with Gasteiger partial charge in [0.1, 0.15) is 5.75 Å². The van der Waals surface area contributed by atoms with Crippen LogP contribution >= 0.6 is 23.1 Å². The van der Waals surface area contributed by atoms with E-state index < -0.39 is 0 Å². The standard InChI is InChI=1S/C19H29N5OS2/c1-4-22(5-2)14-15-26-19-21-20-18(27-19)24-12-10-23(11-13-24)16-8-6-7-9-17(16)25-3/h6-9H,4-5,10-15H2,1-3H3. The lowest BCUT2D eigenvalue weighted by Crippen LogP contribution is -2.46. The van der Waals surface area contributed by atoms with Crippen molar-refractivity contribution in [1.82, 2.24) is 15.1 Å². The van der Waals surface area contributed by atoms with Gasteiger partial charge in [-0.05, 0) is 25.2 Å². The zero-order valence-corrected chi connectivity index (χ0v) is 18.1. The zero-order chi connectivity index (χ0) is 19.1. The normalized spacial score (nSPS) is 14.8. The zero-order valence-electron chi connectivity index (χ0n) is 16.4. The maximum absolute atomic E-state index is 5.50. The molecule has 0 atom stereocenters. The van der Waals surface area contributed by atoms with Crippen molar-refractivity contribution in [2.75, 3.05) is 68.5 Å². The molecule has 3 rings (SSSR count). The molecule has 1 saturated heterocycles. The van der Waals surface area contributed by atoms with Gasteiger partial charge in [-0.1, -0.05) is 49.1 Å². The third kappa shape index (κ3) is 5.27. The molecule has 0 aliphatic carbocycles. The highest BCUT2D eigenvalue weighted by Crippen LogP contribution is 2.31. The van der Waals surface area contributed by atoms with Gasteiger partial charge in [0.2, 0.25) is 5.13 Å². The molecule has 27 heavy (non-hydrogen) atoms. The van der Waals surface area contributed by atoms with Crippen molar-refractivity contribution in [2.24, 2.45) is 0 Å². The van der Waals surface area contributed by atoms with Crippen LogP contribution in [0.25, 0.3) is 0 Å². The van der Waals surface area contributed by atoms with Crippen molar-refractivity contribution in [2.45, 2.75) is 18.2 Å². The third-order valence-electron chi connectivity index (χ3n) is 4.90. The minimum Gasteiger partial charge on any atom is -0.495 e. The van der Waals surface area contributed by atoms with Gasteiger partial charge in [0.25, 0.3) is 0 Å². The second-order valence-electron chi connectivity index (χ2n) is 6.37. The van der Waals surface area contributed by atoms with E-state index in [1.807, 2.05) is 23.9 Å². The van der Waals surface area contributed by atoms with Crippen molar-refractivity contribution in [3.8, 4) is 5.75 Å². The van der Waals surface area contributed by atoms with Crippen LogP contribution in [0, 0.1) is 0 Å². The molecule has 1 aliphatic heterocycles. The molecule has 148 valence electrons. The number of methoxy groups -OCH3 is 1. The first-order valence-electron chi connectivity index (χ1n) is 9.56. The summed E-state index contributed by atoms with van der Waals surface area (Å²) in [7, 11) is 1.73. The molecule has 1 aromatic heterocycles. The van der Waals surface area contributed by atoms with E-state index in [0.717, 1.165) is 66.8 Å². The average Bonchev–Trinajstić information content (AvgIpc) is 3.20. The van der Waals surface area contributed by atoms with Crippen LogP contribution in [0.1, 0.15) is 13.8 Å². The fraction of sp³-hybridized carbons (Fsp3) is 0.579. The van der Waals surface area contributed by atoms with E-state index >= 15 is 0 Å². The Balaban J connectivity index is 1.51. The Morgan fingerprint density at radius 1 is 1.07 bits per heavy atom. The van der Waals surface area contributed by atoms with Gasteiger partial charge in [0, 0.05) is 38.5 Å². The topological polar surface area (TPSA) is 44.7 Å². The smallest absolute Gasteiger partial charge is 0.209 e. The lowest BCUT2D eigenvalue weighted by atomic mass is 10.2. The van der Waals surface area contributed by atoms with Crippen LogP contribution in [-0.4, -0.2) is 73.8 Å². The Morgan fingerprint density at radius 3 is 2.48 bits per heavy atom. The molecular weight excluding hydrogens is 378 g/mol. The van der Waals surface area contributed by atoms with E-state index in [0.29, 0.717) is 0 Å². The Morgan fingerprint density at radius 2 is 1.78 bits per heavy atom. The fourth-order valence-electron chi connectivity index (χ4n) is 3.22. The van der Waals surface area contributed by atoms with Crippen molar-refractivity contribution in [3.05, 3.63) is 24.3 Å². The van der Waals surface area contributed by atoms with Crippen molar-refractivity contribution in [3.63, 3.8) is 0 Å². The summed E-state index contributed by atoms with van der Waals surface area (Å²) >= 11 is 3.53. The number of anilines is 2. The van der Waals surface area contributed by atoms with Crippen LogP contribution < -0.4 is 14.5 Å². The quantitative estimate of drug-likeness (QED) is 0.591. The first-order chi connectivity index (χ1) is 13.2. The molecule has 8 heteroatoms. The predicted molar refractivity (Wildman–Crippen MR) is 116 cm³/mol. The molecule has 6 nitrogen and oxygen atoms in total. The number of para-hydroxylation sites is 2. The average molecular weight is 408 g/mol. The van der Waals surface area contributed by atoms with Crippen LogP contribution in [0.3, 0.4) is 0 Å². The van der Waals surface area contributed by atoms with Gasteiger partial charge < -0.3 is 19.4 Å². The highest BCUT2D eigenvalue weighted by Gasteiger charge is 2.22. The Labute approximate surface area is 170 Å². The summed E-state index contributed by atoms with van der Waals surface area (Å²) in [6.07, 6.45) is 0. The molecule has 1 aromatic carbocycles. The van der Waals surface area contributed by atoms with Gasteiger partial charge in [0.05, 0.1) is 12.8 Å². The van der Waals surface area contributed by atoms with E-state index in [-0.39, 0.29) is 0 Å². The first kappa shape index (κ1) is 20.2. The molecule has 0 unspecified atom stereocenters. The summed E-state index contributed by atoms with van der Waals surface area (Å²) in [4.78, 5) is 7.17. The first-order valence-corrected chi connectivity index (χ1v) is 11.4. The number of aromatic nitrogens is 2. The maximum atomic E-state index is 5.50. The number of rotatable bonds is 9. The monoisotopic (exact) mass is 407 g/mol. The van der Waals surface area contributed by atoms with Gasteiger partial charge >= 0.3 is 0 Å². The second-order valence-corrected chi connectivity index (χ2v) is 8.67. The molecular formula is C19H29N5OS2. The number of benzene rings is 1. The SMILES string of the molecule is CCN(CC)CCSc1nnc(N2CCN(c3ccccc3OC)CC2)s1. The van der Waals surface area contributed by atoms with Gasteiger partial charge in [-0.25, -0.2) is 0 Å². The second kappa shape index (κ2) is 10.1. The number of piperazine rings is 1. The molecule has 0 saturated carbocycles. The van der Waals surface area contributed by atoms with Crippen LogP contribution in [0.4, 0.5) is 10.8 Å². The van der Waals surface area contributed by atoms with Crippen LogP contribution in [0.15, 0.2) is 28.6 Å². The van der Waals surface area contributed by atoms with Crippen LogP contribution in [-0.2, 0) is 0 Å². The Kier molecular flexibility index (Phi) is 7.60. The van der Waals surface area contributed by atoms with E-state index in [1.54, 1.807) is 18.4 Å². The predicted octanol–water partition coefficient (Wildman–Crippen LogP) is 3.31. The summed E-state index contributed by atoms with van der Waals surface area (Å²) in [5.41, 5.74) is 1.17. The number of hydrogen-bond donors (Lipinski definition) is 0. The van der Waals surface area contributed by atoms with E-state index in [1.165, 1.54) is 5.69 Å². The summed E-state index contributed by atoms with van der Waals surface area (Å²) in [5, 5.41) is 9.85. The largest absolute Gasteiger partial charge is 0.495 e. The van der Waals surface area contributed by atoms with E-state index in [4.69, 9.17) is 4.74 Å². The van der Waals surface area contributed by atoms with Gasteiger partial charge in [-0.15, -0.1) is 10.2 Å². The molecule has 0 radical (unpaired) electrons. The summed E-state index contributed by atoms with van der Waals surface area (Å²) < 4.78 is 6.58. The van der Waals surface area contributed by atoms with Crippen LogP contribution in [0.5, 0.6) is 5.75 Å². The minimum absolute atomic E-state index is 0.939. The van der Waals surface area contributed by atoms with Crippen molar-refractivity contribution in [1.29, 1.82) is 0 Å². The highest BCUT2D eigenvalue weighted by atomic mass is 32.2. The van der Waals surface area contributed by atoms with Crippen LogP contribution in [0.2, 0.25) is 0 Å². The lowest BCUT2D eigenvalue weighted by Gasteiger charge is -2.36. The third-order valence-corrected chi connectivity index (χ3v) is 7.00. The summed E-state index contributed by atoms with van der Waals surface area (Å²) in [5.74, 6) is 2.01. The number of hydrogen-bond acceptors (Lipinski definition) is 8. The molecule has 1 aliphatic rings. The van der Waals surface area contributed by atoms with Crippen molar-refractivity contribution < 1.29 is 4.74 Å². The summed E-state index contributed by atoms with van der Waals surface area (Å²) in [6, 6.07) is 8.23. The van der Waals surface area contributed by atoms with Gasteiger partial charge in [0.15, 0.2) is 4.34 Å².